The van der Waals surface area contributed by atoms with Crippen molar-refractivity contribution >= 4 is 103 Å². The number of carbonyl (C=O) groups is 4. The molecule has 6 heterocycles. The zero-order chi connectivity index (χ0) is 71.0. The summed E-state index contributed by atoms with van der Waals surface area (Å²) >= 11 is 9.69. The second-order valence-corrected chi connectivity index (χ2v) is 27.5. The van der Waals surface area contributed by atoms with Crippen LogP contribution in [0.25, 0.3) is 31.3 Å². The van der Waals surface area contributed by atoms with Gasteiger partial charge in [-0.2, -0.15) is 10.5 Å². The molecular formula is C68H85AlBrLiN10O13S4. The third kappa shape index (κ3) is 25.7. The number of nitrogens with two attached hydrogens (primary N) is 1. The van der Waals surface area contributed by atoms with Crippen molar-refractivity contribution in [2.75, 3.05) is 41.5 Å². The molecule has 2 aliphatic rings. The van der Waals surface area contributed by atoms with Crippen molar-refractivity contribution in [3.63, 3.8) is 0 Å². The third-order valence-corrected chi connectivity index (χ3v) is 18.0. The fourth-order valence-electron chi connectivity index (χ4n) is 9.23. The van der Waals surface area contributed by atoms with Gasteiger partial charge in [0.25, 0.3) is 0 Å². The van der Waals surface area contributed by atoms with Crippen molar-refractivity contribution in [1.82, 2.24) is 35.1 Å². The predicted octanol–water partition coefficient (Wildman–Crippen LogP) is 8.85. The molecule has 8 aromatic rings. The summed E-state index contributed by atoms with van der Waals surface area (Å²) < 4.78 is 32.3. The molecule has 30 heteroatoms. The molecule has 520 valence electrons. The number of aryl methyl sites for hydroxylation is 4. The molecule has 0 aliphatic carbocycles. The first-order valence-corrected chi connectivity index (χ1v) is 34.1. The van der Waals surface area contributed by atoms with Gasteiger partial charge in [0.1, 0.15) is 58.4 Å². The van der Waals surface area contributed by atoms with Gasteiger partial charge in [0.2, 0.25) is 5.91 Å². The molecule has 0 unspecified atom stereocenters. The van der Waals surface area contributed by atoms with E-state index < -0.39 is 53.6 Å². The number of aliphatic hydroxyl groups excluding tert-OH is 2. The van der Waals surface area contributed by atoms with Crippen molar-refractivity contribution in [3.8, 4) is 66.5 Å². The van der Waals surface area contributed by atoms with Crippen molar-refractivity contribution in [1.29, 1.82) is 10.5 Å². The average molecular weight is 1490 g/mol. The number of nitrogens with zero attached hydrogens (tertiary/aromatic N) is 8. The summed E-state index contributed by atoms with van der Waals surface area (Å²) in [6.45, 7) is 19.1. The molecule has 23 nitrogen and oxygen atoms in total. The summed E-state index contributed by atoms with van der Waals surface area (Å²) in [7, 11) is 6.36. The van der Waals surface area contributed by atoms with Crippen LogP contribution in [-0.4, -0.2) is 164 Å². The number of nitrogens with one attached hydrogen (secondary N) is 1. The van der Waals surface area contributed by atoms with E-state index in [9.17, 15) is 29.4 Å². The number of rotatable bonds is 12. The first-order valence-electron chi connectivity index (χ1n) is 29.8. The number of amides is 3. The van der Waals surface area contributed by atoms with E-state index in [1.807, 2.05) is 98.1 Å². The van der Waals surface area contributed by atoms with Gasteiger partial charge in [-0.05, 0) is 128 Å². The maximum atomic E-state index is 12.8. The summed E-state index contributed by atoms with van der Waals surface area (Å²) in [5.41, 5.74) is 21.8. The molecule has 0 saturated carbocycles. The van der Waals surface area contributed by atoms with Gasteiger partial charge in [-0.25, -0.2) is 29.3 Å². The Labute approximate surface area is 620 Å². The number of aromatic nitrogens is 4. The van der Waals surface area contributed by atoms with E-state index in [-0.39, 0.29) is 76.0 Å². The monoisotopic (exact) mass is 1490 g/mol. The number of halogens is 1. The van der Waals surface area contributed by atoms with Gasteiger partial charge in [-0.3, -0.25) is 19.6 Å². The van der Waals surface area contributed by atoms with Crippen LogP contribution in [-0.2, 0) is 32.2 Å². The van der Waals surface area contributed by atoms with Crippen molar-refractivity contribution in [3.05, 3.63) is 150 Å². The van der Waals surface area contributed by atoms with Crippen LogP contribution in [0.15, 0.2) is 105 Å². The Morgan fingerprint density at radius 3 is 1.39 bits per heavy atom. The number of aliphatic carboxylic acids is 1. The number of carboxylic acid groups (broad SMARTS) is 1. The number of thiazole rings is 4. The number of carbonyl (C=O) groups excluding carboxylic acids is 3. The Balaban J connectivity index is 0.000000426. The van der Waals surface area contributed by atoms with E-state index in [2.05, 4.69) is 53.3 Å². The maximum Gasteiger partial charge on any atom is 1.00 e. The molecule has 0 bridgehead atoms. The predicted molar refractivity (Wildman–Crippen MR) is 387 cm³/mol. The standard InChI is InChI=1S/C22H29N3O5S.C12H14N2OS.C12H10N2OS.C10H17NO5.C8H6BrNO.C4H5NS.Al.Li.4H/c1-13-19(31-12-24-13)14-6-7-15(18(8-14)29-5)10-23-20(27)17-9-16(26)11-25(17)21(28)30-22(2,3)4;2*1-8-12(16-7-14-8)9-3-4-10(6-13)11(5-9)15-2;1-10(2,3)16-9(15)11-5-6(12)4-7(11)8(13)14;1-11-8-4-7(9)3-2-6(8)5-10;1-4-2-6-3-5-4;;;;;;/h6-8,12,16-17,26H,9-11H2,1-5H3,(H,23,27);3-5,7H,6,13H2,1-2H3;3-5,7H,1-2H3;6-7,12H,4-5H2,1-3H3,(H,13,14);2-4H,1H3;2-3H,1H3;;;;;;/q;;;;;;;+1;;;;-1/t16-,17+;;;6-,7+;;;;;;;;/m1..1......../s1. The van der Waals surface area contributed by atoms with Crippen molar-refractivity contribution < 1.29 is 83.2 Å². The largest absolute Gasteiger partial charge is 1.00 e. The van der Waals surface area contributed by atoms with Gasteiger partial charge in [0.15, 0.2) is 17.4 Å². The molecule has 0 radical (unpaired) electrons. The topological polar surface area (TPSA) is 328 Å². The van der Waals surface area contributed by atoms with Crippen LogP contribution < -0.4 is 48.9 Å². The van der Waals surface area contributed by atoms with E-state index in [1.165, 1.54) is 9.78 Å². The number of nitriles is 2. The van der Waals surface area contributed by atoms with Gasteiger partial charge in [-0.15, -0.1) is 45.3 Å². The van der Waals surface area contributed by atoms with E-state index in [1.54, 1.807) is 145 Å². The van der Waals surface area contributed by atoms with Gasteiger partial charge in [0.05, 0.1) is 119 Å². The van der Waals surface area contributed by atoms with Crippen molar-refractivity contribution in [2.24, 2.45) is 5.73 Å². The molecule has 0 spiro atoms. The van der Waals surface area contributed by atoms with Crippen molar-refractivity contribution in [2.45, 2.75) is 131 Å². The quantitative estimate of drug-likeness (QED) is 0.0713. The smallest absolute Gasteiger partial charge is 1.00 e. The average Bonchev–Trinajstić information content (AvgIpc) is 1.77. The summed E-state index contributed by atoms with van der Waals surface area (Å²) in [5, 5.41) is 50.6. The number of hydrogen-bond donors (Lipinski definition) is 5. The van der Waals surface area contributed by atoms with Crippen LogP contribution >= 0.6 is 61.3 Å². The van der Waals surface area contributed by atoms with E-state index in [4.69, 9.17) is 49.8 Å². The third-order valence-electron chi connectivity index (χ3n) is 13.8. The number of carboxylic acids is 1. The molecule has 6 N–H and O–H groups in total. The summed E-state index contributed by atoms with van der Waals surface area (Å²) in [5.74, 6) is 1.23. The van der Waals surface area contributed by atoms with Crippen LogP contribution in [0.2, 0.25) is 0 Å². The first kappa shape index (κ1) is 84.8. The van der Waals surface area contributed by atoms with Gasteiger partial charge >= 0.3 is 37.0 Å². The van der Waals surface area contributed by atoms with E-state index >= 15 is 0 Å². The number of hydrogen-bond acceptors (Lipinski definition) is 23. The van der Waals surface area contributed by atoms with Gasteiger partial charge in [0, 0.05) is 52.6 Å². The molecule has 4 aromatic heterocycles. The normalized spacial score (nSPS) is 14.9. The van der Waals surface area contributed by atoms with Gasteiger partial charge < -0.3 is 56.2 Å². The van der Waals surface area contributed by atoms with Crippen LogP contribution in [0.5, 0.6) is 23.0 Å². The van der Waals surface area contributed by atoms with Crippen LogP contribution in [0.4, 0.5) is 9.59 Å². The fourth-order valence-corrected chi connectivity index (χ4v) is 12.5. The molecule has 4 aromatic carbocycles. The Morgan fingerprint density at radius 2 is 1.02 bits per heavy atom. The zero-order valence-electron chi connectivity index (χ0n) is 58.0. The van der Waals surface area contributed by atoms with E-state index in [0.29, 0.717) is 34.9 Å². The molecule has 4 atom stereocenters. The van der Waals surface area contributed by atoms with E-state index in [0.717, 1.165) is 75.5 Å². The second kappa shape index (κ2) is 40.6. The molecule has 2 saturated heterocycles. The number of benzene rings is 4. The summed E-state index contributed by atoms with van der Waals surface area (Å²) in [6, 6.07) is 25.1. The maximum absolute atomic E-state index is 12.8. The first-order chi connectivity index (χ1) is 45.5. The Morgan fingerprint density at radius 1 is 0.622 bits per heavy atom. The fraction of sp³-hybridized carbons (Fsp3) is 0.382. The molecule has 2 aliphatic heterocycles. The number of β-amino-alcohol motifs (C(OH)–C–C–N with tert-alkyl or cyclic N) is 2. The Hall–Kier alpha value is -7.45. The molecule has 3 amide bonds. The van der Waals surface area contributed by atoms with Crippen LogP contribution in [0.1, 0.15) is 101 Å². The minimum Gasteiger partial charge on any atom is -1.00 e. The summed E-state index contributed by atoms with van der Waals surface area (Å²) in [4.78, 5) is 70.2. The number of likely N-dealkylation sites (tertiary alicyclic amines) is 2. The Bertz CT molecular complexity index is 3970. The molecule has 2 fully saturated rings. The summed E-state index contributed by atoms with van der Waals surface area (Å²) in [6.07, 6.45) is -2.64. The molecule has 10 rings (SSSR count). The number of ether oxygens (including phenoxy) is 6. The second-order valence-electron chi connectivity index (χ2n) is 23.3. The SMILES string of the molecule is CC(C)(C)OC(=O)N1C[C@H](O)C[C@H]1C(=O)O.COc1cc(-c2scnc2C)ccc1C#N.COc1cc(-c2scnc2C)ccc1CN.COc1cc(-c2scnc2C)ccc1CNC(=O)[C@@H]1C[C@@H](O)CN1C(=O)OC(C)(C)C.COc1cc(Br)ccc1C#N.Cc1cscn1.[AlH3].[H-].[Li+]. The number of methoxy groups -OCH3 is 4. The minimum atomic E-state index is -1.12. The van der Waals surface area contributed by atoms with Crippen LogP contribution in [0, 0.1) is 50.4 Å². The molecular weight excluding hydrogens is 1410 g/mol. The van der Waals surface area contributed by atoms with Gasteiger partial charge in [-0.1, -0.05) is 46.3 Å². The molecule has 98 heavy (non-hydrogen) atoms. The Kier molecular flexibility index (Phi) is 35.1. The van der Waals surface area contributed by atoms with Crippen LogP contribution in [0.3, 0.4) is 0 Å². The minimum absolute atomic E-state index is 0. The zero-order valence-corrected chi connectivity index (χ0v) is 61.8. The number of aliphatic hydroxyl groups is 2.